The van der Waals surface area contributed by atoms with E-state index in [1.54, 1.807) is 12.4 Å². The summed E-state index contributed by atoms with van der Waals surface area (Å²) in [6.07, 6.45) is 4.57. The molecule has 0 amide bonds. The molecule has 0 aliphatic rings. The van der Waals surface area contributed by atoms with E-state index in [1.807, 2.05) is 31.0 Å². The molecule has 0 aliphatic heterocycles. The first-order valence-electron chi connectivity index (χ1n) is 5.14. The van der Waals surface area contributed by atoms with Crippen LogP contribution in [0.4, 0.5) is 0 Å². The molecule has 0 saturated carbocycles. The van der Waals surface area contributed by atoms with Gasteiger partial charge in [0, 0.05) is 32.5 Å². The lowest BCUT2D eigenvalue weighted by molar-refractivity contribution is 0.500. The number of nitrogens with zero attached hydrogens (tertiary/aromatic N) is 3. The van der Waals surface area contributed by atoms with Gasteiger partial charge in [0.05, 0.1) is 0 Å². The minimum absolute atomic E-state index is 0.603. The molecule has 0 spiro atoms. The molecule has 1 aromatic heterocycles. The summed E-state index contributed by atoms with van der Waals surface area (Å²) in [5.41, 5.74) is 7.02. The zero-order valence-electron chi connectivity index (χ0n) is 9.35. The van der Waals surface area contributed by atoms with Gasteiger partial charge in [-0.25, -0.2) is 0 Å². The van der Waals surface area contributed by atoms with E-state index >= 15 is 0 Å². The zero-order chi connectivity index (χ0) is 11.1. The van der Waals surface area contributed by atoms with Gasteiger partial charge in [0.15, 0.2) is 5.96 Å². The van der Waals surface area contributed by atoms with Crippen molar-refractivity contribution in [2.75, 3.05) is 20.1 Å². The van der Waals surface area contributed by atoms with E-state index in [9.17, 15) is 0 Å². The predicted octanol–water partition coefficient (Wildman–Crippen LogP) is 0.890. The maximum atomic E-state index is 5.76. The van der Waals surface area contributed by atoms with Gasteiger partial charge in [-0.05, 0) is 31.0 Å². The summed E-state index contributed by atoms with van der Waals surface area (Å²) in [6.45, 7) is 3.58. The average molecular weight is 206 g/mol. The normalized spacial score (nSPS) is 11.5. The first-order chi connectivity index (χ1) is 7.24. The molecule has 82 valence electrons. The first-order valence-corrected chi connectivity index (χ1v) is 5.14. The van der Waals surface area contributed by atoms with E-state index in [1.165, 1.54) is 5.56 Å². The lowest BCUT2D eigenvalue weighted by atomic mass is 10.2. The summed E-state index contributed by atoms with van der Waals surface area (Å²) in [5, 5.41) is 0. The zero-order valence-corrected chi connectivity index (χ0v) is 9.35. The van der Waals surface area contributed by atoms with Crippen molar-refractivity contribution in [2.45, 2.75) is 13.3 Å². The van der Waals surface area contributed by atoms with Crippen LogP contribution in [0.5, 0.6) is 0 Å². The molecule has 0 radical (unpaired) electrons. The van der Waals surface area contributed by atoms with Crippen molar-refractivity contribution < 1.29 is 0 Å². The van der Waals surface area contributed by atoms with Gasteiger partial charge in [0.2, 0.25) is 0 Å². The van der Waals surface area contributed by atoms with E-state index < -0.39 is 0 Å². The second kappa shape index (κ2) is 6.01. The number of pyridine rings is 1. The SMILES string of the molecule is CCN=C(N)N(C)CCc1ccncc1. The third-order valence-corrected chi connectivity index (χ3v) is 2.20. The monoisotopic (exact) mass is 206 g/mol. The highest BCUT2D eigenvalue weighted by molar-refractivity contribution is 5.77. The number of hydrogen-bond acceptors (Lipinski definition) is 2. The Hall–Kier alpha value is -1.58. The molecule has 0 aromatic carbocycles. The van der Waals surface area contributed by atoms with Gasteiger partial charge in [0.25, 0.3) is 0 Å². The minimum atomic E-state index is 0.603. The standard InChI is InChI=1S/C11H18N4/c1-3-14-11(12)15(2)9-6-10-4-7-13-8-5-10/h4-5,7-8H,3,6,9H2,1-2H3,(H2,12,14). The maximum Gasteiger partial charge on any atom is 0.190 e. The van der Waals surface area contributed by atoms with E-state index in [2.05, 4.69) is 9.98 Å². The van der Waals surface area contributed by atoms with Crippen molar-refractivity contribution in [3.8, 4) is 0 Å². The Balaban J connectivity index is 2.41. The van der Waals surface area contributed by atoms with Crippen molar-refractivity contribution >= 4 is 5.96 Å². The smallest absolute Gasteiger partial charge is 0.190 e. The summed E-state index contributed by atoms with van der Waals surface area (Å²) in [5.74, 6) is 0.603. The molecular weight excluding hydrogens is 188 g/mol. The Bertz CT molecular complexity index is 308. The van der Waals surface area contributed by atoms with Gasteiger partial charge in [-0.15, -0.1) is 0 Å². The molecular formula is C11H18N4. The second-order valence-corrected chi connectivity index (χ2v) is 3.36. The Morgan fingerprint density at radius 3 is 2.73 bits per heavy atom. The van der Waals surface area contributed by atoms with Crippen LogP contribution in [-0.4, -0.2) is 36.0 Å². The molecule has 4 nitrogen and oxygen atoms in total. The molecule has 0 atom stereocenters. The molecule has 0 bridgehead atoms. The van der Waals surface area contributed by atoms with Crippen molar-refractivity contribution in [3.05, 3.63) is 30.1 Å². The molecule has 1 heterocycles. The summed E-state index contributed by atoms with van der Waals surface area (Å²) in [4.78, 5) is 10.1. The third kappa shape index (κ3) is 3.97. The van der Waals surface area contributed by atoms with Crippen molar-refractivity contribution in [1.29, 1.82) is 0 Å². The quantitative estimate of drug-likeness (QED) is 0.588. The summed E-state index contributed by atoms with van der Waals surface area (Å²) < 4.78 is 0. The van der Waals surface area contributed by atoms with Gasteiger partial charge < -0.3 is 10.6 Å². The number of nitrogens with two attached hydrogens (primary N) is 1. The molecule has 2 N–H and O–H groups in total. The molecule has 0 fully saturated rings. The van der Waals surface area contributed by atoms with Crippen LogP contribution in [0.3, 0.4) is 0 Å². The summed E-state index contributed by atoms with van der Waals surface area (Å²) >= 11 is 0. The highest BCUT2D eigenvalue weighted by Crippen LogP contribution is 1.98. The number of rotatable bonds is 4. The Kier molecular flexibility index (Phi) is 4.60. The van der Waals surface area contributed by atoms with Crippen LogP contribution in [0, 0.1) is 0 Å². The first kappa shape index (κ1) is 11.5. The van der Waals surface area contributed by atoms with E-state index in [0.717, 1.165) is 19.5 Å². The van der Waals surface area contributed by atoms with E-state index in [-0.39, 0.29) is 0 Å². The van der Waals surface area contributed by atoms with Crippen LogP contribution in [0.2, 0.25) is 0 Å². The number of aromatic nitrogens is 1. The van der Waals surface area contributed by atoms with E-state index in [0.29, 0.717) is 5.96 Å². The van der Waals surface area contributed by atoms with Gasteiger partial charge >= 0.3 is 0 Å². The van der Waals surface area contributed by atoms with Crippen LogP contribution >= 0.6 is 0 Å². The van der Waals surface area contributed by atoms with Crippen LogP contribution < -0.4 is 5.73 Å². The second-order valence-electron chi connectivity index (χ2n) is 3.36. The largest absolute Gasteiger partial charge is 0.370 e. The number of hydrogen-bond donors (Lipinski definition) is 1. The topological polar surface area (TPSA) is 54.5 Å². The molecule has 4 heteroatoms. The molecule has 15 heavy (non-hydrogen) atoms. The van der Waals surface area contributed by atoms with Crippen molar-refractivity contribution in [3.63, 3.8) is 0 Å². The molecule has 1 aromatic rings. The van der Waals surface area contributed by atoms with Crippen LogP contribution in [0.1, 0.15) is 12.5 Å². The highest BCUT2D eigenvalue weighted by atomic mass is 15.2. The molecule has 0 unspecified atom stereocenters. The van der Waals surface area contributed by atoms with Crippen molar-refractivity contribution in [2.24, 2.45) is 10.7 Å². The molecule has 1 rings (SSSR count). The number of aliphatic imine (C=N–C) groups is 1. The Morgan fingerprint density at radius 1 is 1.47 bits per heavy atom. The van der Waals surface area contributed by atoms with Gasteiger partial charge in [0.1, 0.15) is 0 Å². The van der Waals surface area contributed by atoms with Crippen molar-refractivity contribution in [1.82, 2.24) is 9.88 Å². The van der Waals surface area contributed by atoms with Crippen LogP contribution in [0.25, 0.3) is 0 Å². The lowest BCUT2D eigenvalue weighted by Gasteiger charge is -2.17. The van der Waals surface area contributed by atoms with Gasteiger partial charge in [-0.1, -0.05) is 0 Å². The lowest BCUT2D eigenvalue weighted by Crippen LogP contribution is -2.35. The van der Waals surface area contributed by atoms with E-state index in [4.69, 9.17) is 5.73 Å². The number of guanidine groups is 1. The summed E-state index contributed by atoms with van der Waals surface area (Å²) in [7, 11) is 1.95. The fourth-order valence-corrected chi connectivity index (χ4v) is 1.24. The molecule has 0 aliphatic carbocycles. The predicted molar refractivity (Wildman–Crippen MR) is 62.7 cm³/mol. The fourth-order valence-electron chi connectivity index (χ4n) is 1.24. The van der Waals surface area contributed by atoms with Crippen LogP contribution in [-0.2, 0) is 6.42 Å². The summed E-state index contributed by atoms with van der Waals surface area (Å²) in [6, 6.07) is 4.03. The fraction of sp³-hybridized carbons (Fsp3) is 0.455. The van der Waals surface area contributed by atoms with Gasteiger partial charge in [-0.3, -0.25) is 9.98 Å². The van der Waals surface area contributed by atoms with Gasteiger partial charge in [-0.2, -0.15) is 0 Å². The number of likely N-dealkylation sites (N-methyl/N-ethyl adjacent to an activating group) is 1. The minimum Gasteiger partial charge on any atom is -0.370 e. The molecule has 0 saturated heterocycles. The maximum absolute atomic E-state index is 5.76. The third-order valence-electron chi connectivity index (χ3n) is 2.20. The Labute approximate surface area is 90.8 Å². The average Bonchev–Trinajstić information content (AvgIpc) is 2.27. The van der Waals surface area contributed by atoms with Crippen LogP contribution in [0.15, 0.2) is 29.5 Å². The Morgan fingerprint density at radius 2 is 2.13 bits per heavy atom. The highest BCUT2D eigenvalue weighted by Gasteiger charge is 2.00.